The molecule has 0 saturated heterocycles. The first kappa shape index (κ1) is 10.9. The molecule has 3 aromatic rings. The van der Waals surface area contributed by atoms with E-state index in [-0.39, 0.29) is 12.3 Å². The molecule has 2 heterocycles. The van der Waals surface area contributed by atoms with Gasteiger partial charge in [-0.2, -0.15) is 0 Å². The van der Waals surface area contributed by atoms with E-state index in [0.717, 1.165) is 27.3 Å². The number of nitrogens with one attached hydrogen (secondary N) is 1. The fraction of sp³-hybridized carbons (Fsp3) is 0.0833. The lowest BCUT2D eigenvalue weighted by atomic mass is 10.1. The number of rotatable bonds is 3. The second-order valence-corrected chi connectivity index (χ2v) is 4.85. The molecule has 0 aliphatic heterocycles. The van der Waals surface area contributed by atoms with Crippen LogP contribution in [0.25, 0.3) is 22.3 Å². The molecule has 0 radical (unpaired) electrons. The number of nitrogens with two attached hydrogens (primary N) is 1. The molecule has 2 aromatic heterocycles. The highest BCUT2D eigenvalue weighted by Crippen LogP contribution is 2.24. The van der Waals surface area contributed by atoms with Gasteiger partial charge in [-0.3, -0.25) is 4.79 Å². The lowest BCUT2D eigenvalue weighted by Crippen LogP contribution is -2.13. The maximum atomic E-state index is 10.8. The van der Waals surface area contributed by atoms with Crippen LogP contribution in [-0.2, 0) is 11.2 Å². The van der Waals surface area contributed by atoms with Crippen LogP contribution in [0.15, 0.2) is 29.9 Å². The minimum absolute atomic E-state index is 0.191. The van der Waals surface area contributed by atoms with Crippen molar-refractivity contribution in [2.45, 2.75) is 6.42 Å². The summed E-state index contributed by atoms with van der Waals surface area (Å²) < 4.78 is 0. The van der Waals surface area contributed by atoms with Crippen molar-refractivity contribution < 1.29 is 4.79 Å². The van der Waals surface area contributed by atoms with Crippen LogP contribution in [-0.4, -0.2) is 20.9 Å². The average Bonchev–Trinajstić information content (AvgIpc) is 2.95. The fourth-order valence-corrected chi connectivity index (χ4v) is 2.58. The summed E-state index contributed by atoms with van der Waals surface area (Å²) in [4.78, 5) is 22.4. The number of aromatic amines is 1. The van der Waals surface area contributed by atoms with Gasteiger partial charge in [0, 0.05) is 10.9 Å². The number of hydrogen-bond acceptors (Lipinski definition) is 4. The van der Waals surface area contributed by atoms with E-state index in [1.807, 2.05) is 23.6 Å². The molecule has 0 atom stereocenters. The molecule has 3 rings (SSSR count). The Hall–Kier alpha value is -2.21. The zero-order chi connectivity index (χ0) is 12.5. The molecule has 5 nitrogen and oxygen atoms in total. The number of fused-ring (bicyclic) bond motifs is 1. The summed E-state index contributed by atoms with van der Waals surface area (Å²) in [6.45, 7) is 0. The van der Waals surface area contributed by atoms with E-state index in [0.29, 0.717) is 0 Å². The van der Waals surface area contributed by atoms with Crippen molar-refractivity contribution in [1.82, 2.24) is 15.0 Å². The summed E-state index contributed by atoms with van der Waals surface area (Å²) in [6, 6.07) is 5.89. The van der Waals surface area contributed by atoms with E-state index in [1.165, 1.54) is 11.3 Å². The van der Waals surface area contributed by atoms with Crippen LogP contribution in [0.2, 0.25) is 0 Å². The van der Waals surface area contributed by atoms with E-state index >= 15 is 0 Å². The molecule has 0 bridgehead atoms. The first-order valence-electron chi connectivity index (χ1n) is 5.38. The van der Waals surface area contributed by atoms with E-state index in [9.17, 15) is 4.79 Å². The molecule has 18 heavy (non-hydrogen) atoms. The van der Waals surface area contributed by atoms with Gasteiger partial charge in [-0.15, -0.1) is 11.3 Å². The Labute approximate surface area is 107 Å². The Balaban J connectivity index is 1.97. The van der Waals surface area contributed by atoms with Gasteiger partial charge in [-0.05, 0) is 12.1 Å². The number of imidazole rings is 1. The summed E-state index contributed by atoms with van der Waals surface area (Å²) in [5.41, 5.74) is 8.89. The summed E-state index contributed by atoms with van der Waals surface area (Å²) in [5.74, 6) is -0.361. The highest BCUT2D eigenvalue weighted by Gasteiger charge is 2.08. The van der Waals surface area contributed by atoms with Gasteiger partial charge < -0.3 is 10.7 Å². The number of thiazole rings is 1. The Kier molecular flexibility index (Phi) is 2.56. The van der Waals surface area contributed by atoms with E-state index in [4.69, 9.17) is 5.73 Å². The monoisotopic (exact) mass is 258 g/mol. The highest BCUT2D eigenvalue weighted by atomic mass is 32.1. The number of amides is 1. The Morgan fingerprint density at radius 1 is 1.44 bits per heavy atom. The quantitative estimate of drug-likeness (QED) is 0.750. The minimum atomic E-state index is -0.361. The molecule has 3 N–H and O–H groups in total. The van der Waals surface area contributed by atoms with Crippen LogP contribution < -0.4 is 5.73 Å². The second-order valence-electron chi connectivity index (χ2n) is 3.90. The molecule has 1 amide bonds. The van der Waals surface area contributed by atoms with Crippen LogP contribution in [0.5, 0.6) is 0 Å². The van der Waals surface area contributed by atoms with Crippen molar-refractivity contribution in [3.63, 3.8) is 0 Å². The predicted octanol–water partition coefficient (Wildman–Crippen LogP) is 1.71. The molecular weight excluding hydrogens is 248 g/mol. The van der Waals surface area contributed by atoms with Crippen LogP contribution in [0.4, 0.5) is 0 Å². The van der Waals surface area contributed by atoms with Crippen LogP contribution in [0.1, 0.15) is 5.01 Å². The largest absolute Gasteiger partial charge is 0.369 e. The zero-order valence-corrected chi connectivity index (χ0v) is 10.2. The van der Waals surface area contributed by atoms with Crippen LogP contribution >= 0.6 is 11.3 Å². The third kappa shape index (κ3) is 1.98. The van der Waals surface area contributed by atoms with Gasteiger partial charge in [0.1, 0.15) is 5.01 Å². The number of nitrogens with zero attached hydrogens (tertiary/aromatic N) is 2. The highest BCUT2D eigenvalue weighted by molar-refractivity contribution is 7.10. The number of carbonyl (C=O) groups is 1. The van der Waals surface area contributed by atoms with Gasteiger partial charge in [-0.25, -0.2) is 9.97 Å². The third-order valence-corrected chi connectivity index (χ3v) is 3.44. The number of hydrogen-bond donors (Lipinski definition) is 2. The van der Waals surface area contributed by atoms with Crippen molar-refractivity contribution in [3.8, 4) is 11.3 Å². The number of benzene rings is 1. The van der Waals surface area contributed by atoms with Crippen LogP contribution in [0, 0.1) is 0 Å². The van der Waals surface area contributed by atoms with Crippen LogP contribution in [0.3, 0.4) is 0 Å². The molecular formula is C12H10N4OS. The van der Waals surface area contributed by atoms with Crippen molar-refractivity contribution >= 4 is 28.3 Å². The maximum absolute atomic E-state index is 10.8. The first-order chi connectivity index (χ1) is 8.72. The molecule has 6 heteroatoms. The van der Waals surface area contributed by atoms with Gasteiger partial charge in [-0.1, -0.05) is 6.07 Å². The molecule has 0 spiro atoms. The van der Waals surface area contributed by atoms with Gasteiger partial charge >= 0.3 is 0 Å². The standard InChI is InChI=1S/C12H10N4OS/c13-11(17)4-12-16-10(5-18-12)7-1-2-8-9(3-7)15-6-14-8/h1-3,5-6H,4H2,(H2,13,17)(H,14,15). The SMILES string of the molecule is NC(=O)Cc1nc(-c2ccc3nc[nH]c3c2)cs1. The van der Waals surface area contributed by atoms with Gasteiger partial charge in [0.25, 0.3) is 0 Å². The number of H-pyrrole nitrogens is 1. The van der Waals surface area contributed by atoms with Crippen molar-refractivity contribution in [2.24, 2.45) is 5.73 Å². The lowest BCUT2D eigenvalue weighted by Gasteiger charge is -1.96. The minimum Gasteiger partial charge on any atom is -0.369 e. The predicted molar refractivity (Wildman–Crippen MR) is 70.1 cm³/mol. The van der Waals surface area contributed by atoms with Crippen molar-refractivity contribution in [1.29, 1.82) is 0 Å². The fourth-order valence-electron chi connectivity index (χ4n) is 1.77. The molecule has 0 unspecified atom stereocenters. The van der Waals surface area contributed by atoms with E-state index in [1.54, 1.807) is 6.33 Å². The topological polar surface area (TPSA) is 84.7 Å². The zero-order valence-electron chi connectivity index (χ0n) is 9.38. The molecule has 0 fully saturated rings. The van der Waals surface area contributed by atoms with Crippen molar-refractivity contribution in [2.75, 3.05) is 0 Å². The lowest BCUT2D eigenvalue weighted by molar-refractivity contribution is -0.117. The number of aromatic nitrogens is 3. The van der Waals surface area contributed by atoms with Crippen molar-refractivity contribution in [3.05, 3.63) is 34.9 Å². The molecule has 0 aliphatic rings. The summed E-state index contributed by atoms with van der Waals surface area (Å²) in [6.07, 6.45) is 1.85. The Morgan fingerprint density at radius 3 is 3.17 bits per heavy atom. The summed E-state index contributed by atoms with van der Waals surface area (Å²) in [5, 5.41) is 2.66. The third-order valence-electron chi connectivity index (χ3n) is 2.59. The van der Waals surface area contributed by atoms with E-state index in [2.05, 4.69) is 15.0 Å². The normalized spacial score (nSPS) is 10.9. The summed E-state index contributed by atoms with van der Waals surface area (Å²) >= 11 is 1.44. The first-order valence-corrected chi connectivity index (χ1v) is 6.26. The molecule has 1 aromatic carbocycles. The molecule has 0 saturated carbocycles. The summed E-state index contributed by atoms with van der Waals surface area (Å²) in [7, 11) is 0. The molecule has 0 aliphatic carbocycles. The average molecular weight is 258 g/mol. The number of carbonyl (C=O) groups excluding carboxylic acids is 1. The Morgan fingerprint density at radius 2 is 2.33 bits per heavy atom. The smallest absolute Gasteiger partial charge is 0.224 e. The van der Waals surface area contributed by atoms with E-state index < -0.39 is 0 Å². The van der Waals surface area contributed by atoms with Gasteiger partial charge in [0.15, 0.2) is 0 Å². The second kappa shape index (κ2) is 4.23. The van der Waals surface area contributed by atoms with Gasteiger partial charge in [0.2, 0.25) is 5.91 Å². The Bertz CT molecular complexity index is 716. The molecule has 90 valence electrons. The van der Waals surface area contributed by atoms with Gasteiger partial charge in [0.05, 0.1) is 29.5 Å². The number of primary amides is 1. The maximum Gasteiger partial charge on any atom is 0.224 e.